The third-order valence-corrected chi connectivity index (χ3v) is 4.29. The summed E-state index contributed by atoms with van der Waals surface area (Å²) in [5, 5.41) is 0. The van der Waals surface area contributed by atoms with Crippen LogP contribution >= 0.6 is 0 Å². The van der Waals surface area contributed by atoms with Crippen molar-refractivity contribution in [3.8, 4) is 0 Å². The van der Waals surface area contributed by atoms with E-state index in [2.05, 4.69) is 16.9 Å². The highest BCUT2D eigenvalue weighted by Gasteiger charge is 2.77. The highest BCUT2D eigenvalue weighted by molar-refractivity contribution is 5.98. The molecule has 1 spiro atoms. The van der Waals surface area contributed by atoms with Gasteiger partial charge in [-0.2, -0.15) is 0 Å². The zero-order chi connectivity index (χ0) is 8.79. The molecule has 0 bridgehead atoms. The van der Waals surface area contributed by atoms with Crippen LogP contribution in [0.4, 0.5) is 0 Å². The molecule has 0 radical (unpaired) electrons. The van der Waals surface area contributed by atoms with Gasteiger partial charge in [-0.05, 0) is 17.8 Å². The van der Waals surface area contributed by atoms with E-state index in [1.54, 1.807) is 0 Å². The van der Waals surface area contributed by atoms with Crippen molar-refractivity contribution in [3.63, 3.8) is 0 Å². The Morgan fingerprint density at radius 1 is 1.31 bits per heavy atom. The standard InChI is InChI=1S/C10H8O3/c11-8-6-4-1-2-10(4)3-5(10)7(6)9(12)13-8/h1-2,4-7H,3H2. The summed E-state index contributed by atoms with van der Waals surface area (Å²) in [6.45, 7) is 0. The van der Waals surface area contributed by atoms with E-state index in [-0.39, 0.29) is 29.2 Å². The third-order valence-electron chi connectivity index (χ3n) is 4.29. The molecule has 5 atom stereocenters. The molecule has 1 aliphatic heterocycles. The van der Waals surface area contributed by atoms with Crippen LogP contribution in [0.15, 0.2) is 12.2 Å². The predicted octanol–water partition coefficient (Wildman–Crippen LogP) is 0.508. The lowest BCUT2D eigenvalue weighted by atomic mass is 9.74. The van der Waals surface area contributed by atoms with Gasteiger partial charge in [-0.3, -0.25) is 9.59 Å². The smallest absolute Gasteiger partial charge is 0.318 e. The maximum absolute atomic E-state index is 11.3. The number of cyclic esters (lactones) is 2. The van der Waals surface area contributed by atoms with Gasteiger partial charge < -0.3 is 4.74 Å². The number of carbonyl (C=O) groups is 2. The topological polar surface area (TPSA) is 43.4 Å². The van der Waals surface area contributed by atoms with Crippen molar-refractivity contribution >= 4 is 11.9 Å². The van der Waals surface area contributed by atoms with Crippen molar-refractivity contribution in [2.45, 2.75) is 6.42 Å². The van der Waals surface area contributed by atoms with Gasteiger partial charge in [0.05, 0.1) is 11.8 Å². The van der Waals surface area contributed by atoms with Crippen LogP contribution in [0, 0.1) is 29.1 Å². The number of ether oxygens (including phenoxy) is 1. The molecular weight excluding hydrogens is 168 g/mol. The lowest BCUT2D eigenvalue weighted by Crippen LogP contribution is -2.28. The first-order chi connectivity index (χ1) is 6.24. The molecule has 13 heavy (non-hydrogen) atoms. The first kappa shape index (κ1) is 6.35. The summed E-state index contributed by atoms with van der Waals surface area (Å²) in [4.78, 5) is 22.7. The summed E-state index contributed by atoms with van der Waals surface area (Å²) in [5.74, 6) is -0.0411. The van der Waals surface area contributed by atoms with Crippen LogP contribution < -0.4 is 0 Å². The van der Waals surface area contributed by atoms with Crippen LogP contribution in [0.2, 0.25) is 0 Å². The number of allylic oxidation sites excluding steroid dienone is 2. The fourth-order valence-electron chi connectivity index (χ4n) is 3.58. The number of carbonyl (C=O) groups excluding carboxylic acids is 2. The molecule has 4 aliphatic rings. The molecule has 2 saturated carbocycles. The van der Waals surface area contributed by atoms with Crippen molar-refractivity contribution in [2.75, 3.05) is 0 Å². The van der Waals surface area contributed by atoms with Gasteiger partial charge in [0.25, 0.3) is 0 Å². The van der Waals surface area contributed by atoms with E-state index in [1.807, 2.05) is 0 Å². The fourth-order valence-corrected chi connectivity index (χ4v) is 3.58. The molecule has 3 aliphatic carbocycles. The number of esters is 2. The van der Waals surface area contributed by atoms with Crippen molar-refractivity contribution < 1.29 is 14.3 Å². The van der Waals surface area contributed by atoms with Crippen LogP contribution in [0.1, 0.15) is 6.42 Å². The molecule has 3 heteroatoms. The van der Waals surface area contributed by atoms with Crippen LogP contribution in [-0.4, -0.2) is 11.9 Å². The van der Waals surface area contributed by atoms with E-state index in [0.29, 0.717) is 11.8 Å². The summed E-state index contributed by atoms with van der Waals surface area (Å²) in [6, 6.07) is 0. The molecule has 0 aromatic rings. The van der Waals surface area contributed by atoms with Crippen LogP contribution in [0.5, 0.6) is 0 Å². The Balaban J connectivity index is 1.88. The Kier molecular flexibility index (Phi) is 0.718. The van der Waals surface area contributed by atoms with Crippen LogP contribution in [-0.2, 0) is 14.3 Å². The van der Waals surface area contributed by atoms with E-state index in [1.165, 1.54) is 0 Å². The van der Waals surface area contributed by atoms with E-state index < -0.39 is 0 Å². The normalized spacial score (nSPS) is 59.4. The SMILES string of the molecule is O=C1OC(=O)C2C1C1C=CC13CC23. The minimum atomic E-state index is -0.282. The quantitative estimate of drug-likeness (QED) is 0.307. The molecule has 3 nitrogen and oxygen atoms in total. The predicted molar refractivity (Wildman–Crippen MR) is 41.2 cm³/mol. The van der Waals surface area contributed by atoms with Gasteiger partial charge in [-0.25, -0.2) is 0 Å². The first-order valence-electron chi connectivity index (χ1n) is 4.69. The Hall–Kier alpha value is -1.12. The van der Waals surface area contributed by atoms with Crippen molar-refractivity contribution in [3.05, 3.63) is 12.2 Å². The van der Waals surface area contributed by atoms with Gasteiger partial charge >= 0.3 is 11.9 Å². The van der Waals surface area contributed by atoms with Gasteiger partial charge in [0.1, 0.15) is 0 Å². The van der Waals surface area contributed by atoms with Crippen molar-refractivity contribution in [1.29, 1.82) is 0 Å². The molecule has 3 fully saturated rings. The van der Waals surface area contributed by atoms with Gasteiger partial charge in [0.15, 0.2) is 0 Å². The van der Waals surface area contributed by atoms with Crippen LogP contribution in [0.25, 0.3) is 0 Å². The number of rotatable bonds is 0. The van der Waals surface area contributed by atoms with Crippen molar-refractivity contribution in [2.24, 2.45) is 29.1 Å². The second kappa shape index (κ2) is 1.47. The Labute approximate surface area is 74.7 Å². The minimum Gasteiger partial charge on any atom is -0.393 e. The minimum absolute atomic E-state index is 0.104. The monoisotopic (exact) mass is 176 g/mol. The lowest BCUT2D eigenvalue weighted by Gasteiger charge is -2.28. The second-order valence-corrected chi connectivity index (χ2v) is 4.60. The summed E-state index contributed by atoms with van der Waals surface area (Å²) >= 11 is 0. The zero-order valence-electron chi connectivity index (χ0n) is 6.90. The summed E-state index contributed by atoms with van der Waals surface area (Å²) in [5.41, 5.74) is 0.254. The molecule has 5 unspecified atom stereocenters. The molecule has 0 amide bonds. The average molecular weight is 176 g/mol. The summed E-state index contributed by atoms with van der Waals surface area (Å²) < 4.78 is 4.66. The molecule has 0 aromatic heterocycles. The third kappa shape index (κ3) is 0.446. The van der Waals surface area contributed by atoms with Crippen molar-refractivity contribution in [1.82, 2.24) is 0 Å². The van der Waals surface area contributed by atoms with Gasteiger partial charge in [-0.15, -0.1) is 0 Å². The molecular formula is C10H8O3. The average Bonchev–Trinajstić information content (AvgIpc) is 2.68. The molecule has 4 rings (SSSR count). The highest BCUT2D eigenvalue weighted by atomic mass is 16.6. The summed E-state index contributed by atoms with van der Waals surface area (Å²) in [7, 11) is 0. The van der Waals surface area contributed by atoms with E-state index in [4.69, 9.17) is 0 Å². The van der Waals surface area contributed by atoms with Gasteiger partial charge in [0.2, 0.25) is 0 Å². The molecule has 66 valence electrons. The first-order valence-corrected chi connectivity index (χ1v) is 4.69. The highest BCUT2D eigenvalue weighted by Crippen LogP contribution is 2.77. The van der Waals surface area contributed by atoms with E-state index in [9.17, 15) is 9.59 Å². The fraction of sp³-hybridized carbons (Fsp3) is 0.600. The lowest BCUT2D eigenvalue weighted by molar-refractivity contribution is -0.154. The number of hydrogen-bond acceptors (Lipinski definition) is 3. The van der Waals surface area contributed by atoms with E-state index in [0.717, 1.165) is 6.42 Å². The Morgan fingerprint density at radius 2 is 2.08 bits per heavy atom. The Bertz CT molecular complexity index is 384. The van der Waals surface area contributed by atoms with E-state index >= 15 is 0 Å². The van der Waals surface area contributed by atoms with Crippen LogP contribution in [0.3, 0.4) is 0 Å². The molecule has 0 N–H and O–H groups in total. The largest absolute Gasteiger partial charge is 0.393 e. The van der Waals surface area contributed by atoms with Gasteiger partial charge in [-0.1, -0.05) is 12.2 Å². The molecule has 0 aromatic carbocycles. The number of fused-ring (bicyclic) bond motifs is 3. The Morgan fingerprint density at radius 3 is 2.77 bits per heavy atom. The molecule has 1 saturated heterocycles. The maximum Gasteiger partial charge on any atom is 0.318 e. The maximum atomic E-state index is 11.3. The zero-order valence-corrected chi connectivity index (χ0v) is 6.90. The summed E-state index contributed by atoms with van der Waals surface area (Å²) in [6.07, 6.45) is 5.35. The number of hydrogen-bond donors (Lipinski definition) is 0. The second-order valence-electron chi connectivity index (χ2n) is 4.60. The molecule has 1 heterocycles. The van der Waals surface area contributed by atoms with Gasteiger partial charge in [0, 0.05) is 5.92 Å².